The van der Waals surface area contributed by atoms with Gasteiger partial charge in [0.25, 0.3) is 5.91 Å². The van der Waals surface area contributed by atoms with Gasteiger partial charge >= 0.3 is 0 Å². The van der Waals surface area contributed by atoms with Crippen molar-refractivity contribution >= 4 is 46.5 Å². The molecule has 2 amide bonds. The summed E-state index contributed by atoms with van der Waals surface area (Å²) in [5, 5.41) is 6.14. The molecule has 8 heteroatoms. The van der Waals surface area contributed by atoms with E-state index in [1.165, 1.54) is 11.3 Å². The van der Waals surface area contributed by atoms with Crippen molar-refractivity contribution in [3.8, 4) is 10.6 Å². The summed E-state index contributed by atoms with van der Waals surface area (Å²) in [7, 11) is 0. The van der Waals surface area contributed by atoms with E-state index in [0.717, 1.165) is 17.0 Å². The molecular weight excluding hydrogens is 390 g/mol. The molecule has 1 fully saturated rings. The number of hydrogen-bond donors (Lipinski definition) is 1. The Labute approximate surface area is 166 Å². The first-order valence-corrected chi connectivity index (χ1v) is 10.8. The number of benzene rings is 1. The van der Waals surface area contributed by atoms with Crippen molar-refractivity contribution in [2.75, 3.05) is 11.6 Å². The van der Waals surface area contributed by atoms with Crippen molar-refractivity contribution in [1.82, 2.24) is 15.2 Å². The van der Waals surface area contributed by atoms with Gasteiger partial charge in [-0.15, -0.1) is 23.1 Å². The molecule has 0 bridgehead atoms. The number of amides is 2. The molecule has 138 valence electrons. The SMILES string of the molecule is CCC(C)NC(=O)C1CSCN1C(=O)c1csc(-c2ccc(Cl)cc2)n1. The average Bonchev–Trinajstić information content (AvgIpc) is 3.31. The lowest BCUT2D eigenvalue weighted by atomic mass is 10.2. The number of halogens is 1. The van der Waals surface area contributed by atoms with Crippen LogP contribution in [0.15, 0.2) is 29.6 Å². The Hall–Kier alpha value is -1.57. The lowest BCUT2D eigenvalue weighted by Crippen LogP contribution is -2.49. The average molecular weight is 410 g/mol. The minimum absolute atomic E-state index is 0.0918. The molecule has 1 saturated heterocycles. The second-order valence-corrected chi connectivity index (χ2v) is 8.45. The zero-order valence-electron chi connectivity index (χ0n) is 14.6. The van der Waals surface area contributed by atoms with Crippen molar-refractivity contribution in [2.45, 2.75) is 32.4 Å². The molecule has 0 radical (unpaired) electrons. The molecule has 1 aromatic heterocycles. The molecule has 5 nitrogen and oxygen atoms in total. The van der Waals surface area contributed by atoms with Crippen molar-refractivity contribution < 1.29 is 9.59 Å². The maximum absolute atomic E-state index is 12.9. The molecule has 2 atom stereocenters. The third-order valence-corrected chi connectivity index (χ3v) is 6.42. The van der Waals surface area contributed by atoms with E-state index in [1.54, 1.807) is 34.2 Å². The number of thioether (sulfide) groups is 1. The summed E-state index contributed by atoms with van der Waals surface area (Å²) < 4.78 is 0. The second-order valence-electron chi connectivity index (χ2n) is 6.15. The first-order valence-electron chi connectivity index (χ1n) is 8.40. The number of carbonyl (C=O) groups excluding carboxylic acids is 2. The van der Waals surface area contributed by atoms with Crippen LogP contribution in [0.4, 0.5) is 0 Å². The summed E-state index contributed by atoms with van der Waals surface area (Å²) in [6.07, 6.45) is 0.857. The fourth-order valence-electron chi connectivity index (χ4n) is 2.55. The van der Waals surface area contributed by atoms with Gasteiger partial charge < -0.3 is 10.2 Å². The lowest BCUT2D eigenvalue weighted by molar-refractivity contribution is -0.125. The fourth-order valence-corrected chi connectivity index (χ4v) is 4.63. The Bertz CT molecular complexity index is 794. The fraction of sp³-hybridized carbons (Fsp3) is 0.389. The third kappa shape index (κ3) is 4.22. The van der Waals surface area contributed by atoms with Gasteiger partial charge in [0.1, 0.15) is 16.7 Å². The van der Waals surface area contributed by atoms with Crippen molar-refractivity contribution in [1.29, 1.82) is 0 Å². The molecule has 1 aliphatic rings. The Kier molecular flexibility index (Phi) is 6.21. The molecule has 0 aliphatic carbocycles. The highest BCUT2D eigenvalue weighted by molar-refractivity contribution is 7.99. The third-order valence-electron chi connectivity index (χ3n) is 4.26. The minimum atomic E-state index is -0.442. The summed E-state index contributed by atoms with van der Waals surface area (Å²) in [5.41, 5.74) is 1.30. The first-order chi connectivity index (χ1) is 12.5. The maximum atomic E-state index is 12.9. The quantitative estimate of drug-likeness (QED) is 0.813. The van der Waals surface area contributed by atoms with E-state index < -0.39 is 6.04 Å². The van der Waals surface area contributed by atoms with Crippen LogP contribution in [0.1, 0.15) is 30.8 Å². The molecule has 3 rings (SSSR count). The van der Waals surface area contributed by atoms with Gasteiger partial charge in [0, 0.05) is 27.8 Å². The summed E-state index contributed by atoms with van der Waals surface area (Å²) in [5.74, 6) is 0.828. The number of rotatable bonds is 5. The standard InChI is InChI=1S/C18H20ClN3O2S2/c1-3-11(2)20-16(23)15-9-25-10-22(15)18(24)14-8-26-17(21-14)12-4-6-13(19)7-5-12/h4-8,11,15H,3,9-10H2,1-2H3,(H,20,23). The molecule has 1 aromatic carbocycles. The van der Waals surface area contributed by atoms with Gasteiger partial charge in [0.2, 0.25) is 5.91 Å². The van der Waals surface area contributed by atoms with Crippen LogP contribution in [0, 0.1) is 0 Å². The largest absolute Gasteiger partial charge is 0.352 e. The molecule has 1 N–H and O–H groups in total. The summed E-state index contributed by atoms with van der Waals surface area (Å²) in [4.78, 5) is 31.4. The van der Waals surface area contributed by atoms with Gasteiger partial charge in [-0.1, -0.05) is 30.7 Å². The van der Waals surface area contributed by atoms with Gasteiger partial charge in [-0.2, -0.15) is 0 Å². The van der Waals surface area contributed by atoms with Crippen LogP contribution in [0.3, 0.4) is 0 Å². The molecule has 2 unspecified atom stereocenters. The topological polar surface area (TPSA) is 62.3 Å². The van der Waals surface area contributed by atoms with Crippen LogP contribution in [-0.2, 0) is 4.79 Å². The number of nitrogens with zero attached hydrogens (tertiary/aromatic N) is 2. The molecular formula is C18H20ClN3O2S2. The number of hydrogen-bond acceptors (Lipinski definition) is 5. The number of nitrogens with one attached hydrogen (secondary N) is 1. The van der Waals surface area contributed by atoms with Gasteiger partial charge in [-0.3, -0.25) is 9.59 Å². The first kappa shape index (κ1) is 19.2. The summed E-state index contributed by atoms with van der Waals surface area (Å²) in [6.45, 7) is 3.98. The van der Waals surface area contributed by atoms with E-state index in [4.69, 9.17) is 11.6 Å². The Morgan fingerprint density at radius 2 is 2.12 bits per heavy atom. The minimum Gasteiger partial charge on any atom is -0.352 e. The zero-order valence-corrected chi connectivity index (χ0v) is 17.0. The lowest BCUT2D eigenvalue weighted by Gasteiger charge is -2.23. The Morgan fingerprint density at radius 1 is 1.38 bits per heavy atom. The highest BCUT2D eigenvalue weighted by Crippen LogP contribution is 2.28. The van der Waals surface area contributed by atoms with E-state index in [0.29, 0.717) is 22.3 Å². The van der Waals surface area contributed by atoms with Crippen LogP contribution in [-0.4, -0.2) is 45.4 Å². The van der Waals surface area contributed by atoms with E-state index in [9.17, 15) is 9.59 Å². The van der Waals surface area contributed by atoms with Gasteiger partial charge in [0.05, 0.1) is 5.88 Å². The highest BCUT2D eigenvalue weighted by atomic mass is 35.5. The second kappa shape index (κ2) is 8.41. The highest BCUT2D eigenvalue weighted by Gasteiger charge is 2.36. The van der Waals surface area contributed by atoms with Crippen molar-refractivity contribution in [3.63, 3.8) is 0 Å². The molecule has 0 saturated carbocycles. The maximum Gasteiger partial charge on any atom is 0.274 e. The predicted octanol–water partition coefficient (Wildman–Crippen LogP) is 3.89. The Balaban J connectivity index is 1.74. The number of aromatic nitrogens is 1. The van der Waals surface area contributed by atoms with Crippen LogP contribution >= 0.6 is 34.7 Å². The van der Waals surface area contributed by atoms with Gasteiger partial charge in [-0.05, 0) is 25.5 Å². The Morgan fingerprint density at radius 3 is 2.81 bits per heavy atom. The van der Waals surface area contributed by atoms with E-state index in [-0.39, 0.29) is 17.9 Å². The normalized spacial score (nSPS) is 18.0. The van der Waals surface area contributed by atoms with Crippen LogP contribution in [0.5, 0.6) is 0 Å². The monoisotopic (exact) mass is 409 g/mol. The van der Waals surface area contributed by atoms with Crippen molar-refractivity contribution in [2.24, 2.45) is 0 Å². The zero-order chi connectivity index (χ0) is 18.7. The summed E-state index contributed by atoms with van der Waals surface area (Å²) >= 11 is 8.91. The number of thiazole rings is 1. The van der Waals surface area contributed by atoms with Crippen LogP contribution in [0.2, 0.25) is 5.02 Å². The van der Waals surface area contributed by atoms with E-state index in [1.807, 2.05) is 26.0 Å². The van der Waals surface area contributed by atoms with Gasteiger partial charge in [-0.25, -0.2) is 4.98 Å². The van der Waals surface area contributed by atoms with E-state index >= 15 is 0 Å². The molecule has 2 aromatic rings. The predicted molar refractivity (Wildman–Crippen MR) is 108 cm³/mol. The number of carbonyl (C=O) groups is 2. The van der Waals surface area contributed by atoms with Gasteiger partial charge in [0.15, 0.2) is 0 Å². The van der Waals surface area contributed by atoms with E-state index in [2.05, 4.69) is 10.3 Å². The molecule has 1 aliphatic heterocycles. The van der Waals surface area contributed by atoms with Crippen LogP contribution < -0.4 is 5.32 Å². The molecule has 2 heterocycles. The van der Waals surface area contributed by atoms with Crippen molar-refractivity contribution in [3.05, 3.63) is 40.4 Å². The smallest absolute Gasteiger partial charge is 0.274 e. The van der Waals surface area contributed by atoms with Crippen LogP contribution in [0.25, 0.3) is 10.6 Å². The molecule has 0 spiro atoms. The summed E-state index contributed by atoms with van der Waals surface area (Å²) in [6, 6.07) is 7.01. The molecule has 26 heavy (non-hydrogen) atoms.